The predicted octanol–water partition coefficient (Wildman–Crippen LogP) is 3.76. The molecule has 0 aliphatic heterocycles. The van der Waals surface area contributed by atoms with Gasteiger partial charge in [-0.15, -0.1) is 0 Å². The molecule has 0 aliphatic rings. The molecule has 30 heavy (non-hydrogen) atoms. The van der Waals surface area contributed by atoms with E-state index in [9.17, 15) is 10.2 Å². The fourth-order valence-electron chi connectivity index (χ4n) is 3.48. The van der Waals surface area contributed by atoms with Gasteiger partial charge < -0.3 is 33.7 Å². The van der Waals surface area contributed by atoms with Crippen molar-refractivity contribution in [2.24, 2.45) is 0 Å². The average Bonchev–Trinajstić information content (AvgIpc) is 3.21. The molecule has 0 fully saturated rings. The number of aryl methyl sites for hydroxylation is 1. The highest BCUT2D eigenvalue weighted by atomic mass is 16.5. The lowest BCUT2D eigenvalue weighted by molar-refractivity contribution is 0.154. The summed E-state index contributed by atoms with van der Waals surface area (Å²) < 4.78 is 23.0. The number of benzene rings is 2. The van der Waals surface area contributed by atoms with Crippen LogP contribution in [0.4, 0.5) is 0 Å². The summed E-state index contributed by atoms with van der Waals surface area (Å²) in [5.74, 6) is 1.53. The molecule has 162 valence electrons. The van der Waals surface area contributed by atoms with Crippen LogP contribution in [-0.2, 0) is 6.42 Å². The third-order valence-corrected chi connectivity index (χ3v) is 5.02. The Bertz CT molecular complexity index is 981. The summed E-state index contributed by atoms with van der Waals surface area (Å²) in [5, 5.41) is 21.9. The largest absolute Gasteiger partial charge is 0.508 e. The van der Waals surface area contributed by atoms with Gasteiger partial charge in [-0.2, -0.15) is 0 Å². The number of nitrogens with zero attached hydrogens (tertiary/aromatic N) is 1. The van der Waals surface area contributed by atoms with Gasteiger partial charge in [0.25, 0.3) is 0 Å². The Balaban J connectivity index is 2.01. The molecular formula is C23H29NO6. The van der Waals surface area contributed by atoms with E-state index in [1.54, 1.807) is 38.7 Å². The molecule has 7 nitrogen and oxygen atoms in total. The van der Waals surface area contributed by atoms with E-state index in [-0.39, 0.29) is 5.75 Å². The molecule has 3 rings (SSSR count). The number of furan rings is 1. The molecule has 0 radical (unpaired) electrons. The predicted molar refractivity (Wildman–Crippen MR) is 115 cm³/mol. The molecule has 1 unspecified atom stereocenters. The highest BCUT2D eigenvalue weighted by Crippen LogP contribution is 2.49. The van der Waals surface area contributed by atoms with Gasteiger partial charge in [-0.05, 0) is 44.6 Å². The Hall–Kier alpha value is -2.90. The summed E-state index contributed by atoms with van der Waals surface area (Å²) in [5.41, 5.74) is 1.78. The van der Waals surface area contributed by atoms with Crippen molar-refractivity contribution in [1.29, 1.82) is 0 Å². The molecule has 2 N–H and O–H groups in total. The maximum atomic E-state index is 11.2. The number of phenols is 1. The van der Waals surface area contributed by atoms with Crippen molar-refractivity contribution in [3.05, 3.63) is 47.7 Å². The number of hydrogen-bond donors (Lipinski definition) is 2. The summed E-state index contributed by atoms with van der Waals surface area (Å²) in [6.07, 6.45) is 1.50. The van der Waals surface area contributed by atoms with Crippen LogP contribution in [0.25, 0.3) is 11.0 Å². The molecule has 0 aliphatic carbocycles. The molecule has 0 bridgehead atoms. The van der Waals surface area contributed by atoms with E-state index in [1.807, 2.05) is 31.1 Å². The zero-order valence-corrected chi connectivity index (χ0v) is 17.8. The lowest BCUT2D eigenvalue weighted by Gasteiger charge is -2.23. The minimum Gasteiger partial charge on any atom is -0.508 e. The number of phenolic OH excluding ortho intramolecular Hbond substituents is 1. The van der Waals surface area contributed by atoms with Crippen molar-refractivity contribution in [3.63, 3.8) is 0 Å². The van der Waals surface area contributed by atoms with Gasteiger partial charge in [0, 0.05) is 6.54 Å². The van der Waals surface area contributed by atoms with Crippen molar-refractivity contribution < 1.29 is 28.8 Å². The van der Waals surface area contributed by atoms with Gasteiger partial charge >= 0.3 is 0 Å². The molecule has 3 aromatic rings. The Morgan fingerprint density at radius 3 is 2.43 bits per heavy atom. The topological polar surface area (TPSA) is 84.5 Å². The second kappa shape index (κ2) is 9.73. The van der Waals surface area contributed by atoms with Crippen molar-refractivity contribution in [3.8, 4) is 23.0 Å². The van der Waals surface area contributed by atoms with E-state index in [1.165, 1.54) is 0 Å². The molecular weight excluding hydrogens is 386 g/mol. The SMILES string of the molecule is COc1c(C(O)CCc2ccccc2O)c(OCCN(C)C)c(OC)c2occc12. The number of aliphatic hydroxyl groups is 1. The van der Waals surface area contributed by atoms with Gasteiger partial charge in [0.2, 0.25) is 5.75 Å². The maximum absolute atomic E-state index is 11.2. The Labute approximate surface area is 176 Å². The number of aliphatic hydroxyl groups excluding tert-OH is 1. The van der Waals surface area contributed by atoms with Crippen molar-refractivity contribution in [1.82, 2.24) is 4.90 Å². The summed E-state index contributed by atoms with van der Waals surface area (Å²) in [4.78, 5) is 2.00. The fourth-order valence-corrected chi connectivity index (χ4v) is 3.48. The Kier molecular flexibility index (Phi) is 7.07. The van der Waals surface area contributed by atoms with Gasteiger partial charge in [-0.3, -0.25) is 0 Å². The zero-order chi connectivity index (χ0) is 21.7. The molecule has 0 spiro atoms. The molecule has 0 saturated heterocycles. The van der Waals surface area contributed by atoms with Crippen molar-refractivity contribution in [2.45, 2.75) is 18.9 Å². The minimum atomic E-state index is -0.901. The lowest BCUT2D eigenvalue weighted by atomic mass is 9.97. The van der Waals surface area contributed by atoms with E-state index in [0.29, 0.717) is 59.8 Å². The Morgan fingerprint density at radius 2 is 1.77 bits per heavy atom. The summed E-state index contributed by atoms with van der Waals surface area (Å²) in [6.45, 7) is 1.09. The van der Waals surface area contributed by atoms with Crippen LogP contribution in [0, 0.1) is 0 Å². The van der Waals surface area contributed by atoms with E-state index in [0.717, 1.165) is 5.56 Å². The normalized spacial score (nSPS) is 12.3. The standard InChI is InChI=1S/C23H29NO6/c1-24(2)12-14-30-22-19(18(26)10-9-15-7-5-6-8-17(15)25)20(27-3)16-11-13-29-21(16)23(22)28-4/h5-8,11,13,18,25-26H,9-10,12,14H2,1-4H3. The Morgan fingerprint density at radius 1 is 1.03 bits per heavy atom. The van der Waals surface area contributed by atoms with Crippen LogP contribution in [-0.4, -0.2) is 56.6 Å². The first-order valence-corrected chi connectivity index (χ1v) is 9.85. The first-order valence-electron chi connectivity index (χ1n) is 9.85. The van der Waals surface area contributed by atoms with Crippen molar-refractivity contribution >= 4 is 11.0 Å². The van der Waals surface area contributed by atoms with Crippen LogP contribution in [0.2, 0.25) is 0 Å². The zero-order valence-electron chi connectivity index (χ0n) is 17.8. The third-order valence-electron chi connectivity index (χ3n) is 5.02. The number of fused-ring (bicyclic) bond motifs is 1. The summed E-state index contributed by atoms with van der Waals surface area (Å²) in [7, 11) is 7.01. The second-order valence-corrected chi connectivity index (χ2v) is 7.31. The van der Waals surface area contributed by atoms with E-state index < -0.39 is 6.10 Å². The van der Waals surface area contributed by atoms with Crippen LogP contribution in [0.5, 0.6) is 23.0 Å². The van der Waals surface area contributed by atoms with Crippen LogP contribution >= 0.6 is 0 Å². The van der Waals surface area contributed by atoms with Crippen LogP contribution in [0.1, 0.15) is 23.7 Å². The molecule has 1 heterocycles. The van der Waals surface area contributed by atoms with Gasteiger partial charge in [0.15, 0.2) is 11.3 Å². The van der Waals surface area contributed by atoms with E-state index >= 15 is 0 Å². The molecule has 0 saturated carbocycles. The molecule has 0 amide bonds. The highest BCUT2D eigenvalue weighted by Gasteiger charge is 2.29. The number of rotatable bonds is 10. The third kappa shape index (κ3) is 4.47. The number of para-hydroxylation sites is 1. The fraction of sp³-hybridized carbons (Fsp3) is 0.391. The molecule has 7 heteroatoms. The number of ether oxygens (including phenoxy) is 3. The first kappa shape index (κ1) is 21.8. The van der Waals surface area contributed by atoms with Gasteiger partial charge in [0.05, 0.1) is 37.5 Å². The average molecular weight is 415 g/mol. The second-order valence-electron chi connectivity index (χ2n) is 7.31. The molecule has 2 aromatic carbocycles. The highest BCUT2D eigenvalue weighted by molar-refractivity contribution is 5.93. The number of likely N-dealkylation sites (N-methyl/N-ethyl adjacent to an activating group) is 1. The number of hydrogen-bond acceptors (Lipinski definition) is 7. The lowest BCUT2D eigenvalue weighted by Crippen LogP contribution is -2.20. The van der Waals surface area contributed by atoms with Crippen LogP contribution < -0.4 is 14.2 Å². The van der Waals surface area contributed by atoms with Gasteiger partial charge in [0.1, 0.15) is 18.1 Å². The first-order chi connectivity index (χ1) is 14.5. The minimum absolute atomic E-state index is 0.210. The monoisotopic (exact) mass is 415 g/mol. The smallest absolute Gasteiger partial charge is 0.205 e. The van der Waals surface area contributed by atoms with Crippen LogP contribution in [0.15, 0.2) is 41.0 Å². The summed E-state index contributed by atoms with van der Waals surface area (Å²) in [6, 6.07) is 8.89. The van der Waals surface area contributed by atoms with Crippen LogP contribution in [0.3, 0.4) is 0 Å². The van der Waals surface area contributed by atoms with E-state index in [4.69, 9.17) is 18.6 Å². The van der Waals surface area contributed by atoms with Gasteiger partial charge in [-0.25, -0.2) is 0 Å². The quantitative estimate of drug-likeness (QED) is 0.521. The summed E-state index contributed by atoms with van der Waals surface area (Å²) >= 11 is 0. The number of aromatic hydroxyl groups is 1. The van der Waals surface area contributed by atoms with E-state index in [2.05, 4.69) is 0 Å². The van der Waals surface area contributed by atoms with Crippen molar-refractivity contribution in [2.75, 3.05) is 41.5 Å². The van der Waals surface area contributed by atoms with Gasteiger partial charge in [-0.1, -0.05) is 18.2 Å². The maximum Gasteiger partial charge on any atom is 0.205 e. The number of methoxy groups -OCH3 is 2. The molecule has 1 aromatic heterocycles. The molecule has 1 atom stereocenters.